The third-order valence-electron chi connectivity index (χ3n) is 2.37. The Morgan fingerprint density at radius 2 is 1.63 bits per heavy atom. The van der Waals surface area contributed by atoms with Gasteiger partial charge < -0.3 is 9.47 Å². The van der Waals surface area contributed by atoms with Gasteiger partial charge in [0.1, 0.15) is 5.78 Å². The van der Waals surface area contributed by atoms with E-state index in [4.69, 9.17) is 11.6 Å². The van der Waals surface area contributed by atoms with Crippen LogP contribution in [0.1, 0.15) is 12.5 Å². The molecular formula is C11H7ClF4O3. The minimum absolute atomic E-state index is 0.0430. The van der Waals surface area contributed by atoms with Gasteiger partial charge in [0, 0.05) is 17.5 Å². The van der Waals surface area contributed by atoms with Crippen molar-refractivity contribution in [1.29, 1.82) is 0 Å². The smallest absolute Gasteiger partial charge is 0.421 e. The molecule has 0 radical (unpaired) electrons. The Bertz CT molecular complexity index is 545. The van der Waals surface area contributed by atoms with E-state index >= 15 is 0 Å². The van der Waals surface area contributed by atoms with Crippen LogP contribution in [-0.4, -0.2) is 18.0 Å². The lowest BCUT2D eigenvalue weighted by molar-refractivity contribution is -0.391. The van der Waals surface area contributed by atoms with Gasteiger partial charge >= 0.3 is 12.2 Å². The number of carbonyl (C=O) groups is 1. The zero-order chi connectivity index (χ0) is 14.4. The minimum atomic E-state index is -4.79. The Morgan fingerprint density at radius 3 is 2.11 bits per heavy atom. The van der Waals surface area contributed by atoms with E-state index in [0.29, 0.717) is 0 Å². The number of fused-ring (bicyclic) bond motifs is 1. The fraction of sp³-hybridized carbons (Fsp3) is 0.364. The van der Waals surface area contributed by atoms with Crippen LogP contribution < -0.4 is 9.47 Å². The number of ether oxygens (including phenoxy) is 2. The van der Waals surface area contributed by atoms with Crippen molar-refractivity contribution < 1.29 is 31.8 Å². The first kappa shape index (κ1) is 13.9. The molecule has 1 aliphatic rings. The summed E-state index contributed by atoms with van der Waals surface area (Å²) in [6.07, 6.45) is -9.70. The van der Waals surface area contributed by atoms with Crippen LogP contribution in [0.5, 0.6) is 11.5 Å². The fourth-order valence-corrected chi connectivity index (χ4v) is 1.76. The van der Waals surface area contributed by atoms with Crippen LogP contribution in [0.3, 0.4) is 0 Å². The summed E-state index contributed by atoms with van der Waals surface area (Å²) in [7, 11) is 0. The number of Topliss-reactive ketones (excluding diaryl/α,β-unsaturated/α-hetero) is 1. The number of hydrogen-bond donors (Lipinski definition) is 0. The maximum atomic E-state index is 13.0. The molecule has 0 unspecified atom stereocenters. The lowest BCUT2D eigenvalue weighted by atomic mass is 10.1. The molecule has 0 bridgehead atoms. The summed E-state index contributed by atoms with van der Waals surface area (Å²) < 4.78 is 59.6. The van der Waals surface area contributed by atoms with Crippen LogP contribution in [0, 0.1) is 0 Å². The molecule has 19 heavy (non-hydrogen) atoms. The van der Waals surface area contributed by atoms with Crippen molar-refractivity contribution >= 4 is 17.4 Å². The van der Waals surface area contributed by atoms with Crippen LogP contribution in [0.2, 0.25) is 5.02 Å². The van der Waals surface area contributed by atoms with Crippen LogP contribution in [0.15, 0.2) is 12.1 Å². The second kappa shape index (κ2) is 4.26. The van der Waals surface area contributed by atoms with E-state index in [9.17, 15) is 22.4 Å². The molecule has 0 amide bonds. The average Bonchev–Trinajstić information content (AvgIpc) is 2.21. The molecular weight excluding hydrogens is 292 g/mol. The maximum absolute atomic E-state index is 13.0. The third kappa shape index (κ3) is 2.47. The average molecular weight is 299 g/mol. The van der Waals surface area contributed by atoms with Crippen molar-refractivity contribution in [2.45, 2.75) is 25.6 Å². The number of benzene rings is 1. The molecule has 0 fully saturated rings. The van der Waals surface area contributed by atoms with E-state index in [1.807, 2.05) is 0 Å². The zero-order valence-corrected chi connectivity index (χ0v) is 10.2. The van der Waals surface area contributed by atoms with E-state index in [1.54, 1.807) is 0 Å². The molecule has 1 aliphatic heterocycles. The van der Waals surface area contributed by atoms with Crippen molar-refractivity contribution in [2.75, 3.05) is 0 Å². The van der Waals surface area contributed by atoms with Gasteiger partial charge in [-0.1, -0.05) is 11.6 Å². The summed E-state index contributed by atoms with van der Waals surface area (Å²) in [5.41, 5.74) is 0.192. The van der Waals surface area contributed by atoms with Crippen LogP contribution in [0.4, 0.5) is 17.6 Å². The lowest BCUT2D eigenvalue weighted by Gasteiger charge is -2.32. The second-order valence-corrected chi connectivity index (χ2v) is 4.41. The van der Waals surface area contributed by atoms with Gasteiger partial charge in [0.05, 0.1) is 0 Å². The summed E-state index contributed by atoms with van der Waals surface area (Å²) in [5.74, 6) is -1.46. The van der Waals surface area contributed by atoms with E-state index < -0.39 is 23.7 Å². The summed E-state index contributed by atoms with van der Waals surface area (Å²) >= 11 is 5.75. The van der Waals surface area contributed by atoms with Crippen molar-refractivity contribution in [2.24, 2.45) is 0 Å². The normalized spacial score (nSPS) is 19.1. The van der Waals surface area contributed by atoms with E-state index in [0.717, 1.165) is 12.1 Å². The largest absolute Gasteiger partial charge is 0.507 e. The highest BCUT2D eigenvalue weighted by Gasteiger charge is 2.66. The molecule has 3 nitrogen and oxygen atoms in total. The van der Waals surface area contributed by atoms with Crippen LogP contribution in [0.25, 0.3) is 0 Å². The van der Waals surface area contributed by atoms with E-state index in [2.05, 4.69) is 9.47 Å². The highest BCUT2D eigenvalue weighted by Crippen LogP contribution is 2.48. The number of alkyl halides is 4. The van der Waals surface area contributed by atoms with Gasteiger partial charge in [0.25, 0.3) is 0 Å². The van der Waals surface area contributed by atoms with Crippen molar-refractivity contribution in [1.82, 2.24) is 0 Å². The number of ketones is 1. The highest BCUT2D eigenvalue weighted by molar-refractivity contribution is 6.31. The SMILES string of the molecule is CC(=O)Cc1cc2c(cc1Cl)OC(F)(F)C(F)(F)O2. The summed E-state index contributed by atoms with van der Waals surface area (Å²) in [6.45, 7) is 1.27. The van der Waals surface area contributed by atoms with E-state index in [-0.39, 0.29) is 22.8 Å². The molecule has 2 rings (SSSR count). The van der Waals surface area contributed by atoms with Crippen LogP contribution in [-0.2, 0) is 11.2 Å². The fourth-order valence-electron chi connectivity index (χ4n) is 1.54. The summed E-state index contributed by atoms with van der Waals surface area (Å²) in [5, 5.41) is -0.0430. The van der Waals surface area contributed by atoms with Gasteiger partial charge in [-0.25, -0.2) is 0 Å². The number of hydrogen-bond acceptors (Lipinski definition) is 3. The Kier molecular flexibility index (Phi) is 3.12. The quantitative estimate of drug-likeness (QED) is 0.785. The molecule has 104 valence electrons. The maximum Gasteiger partial charge on any atom is 0.507 e. The number of carbonyl (C=O) groups excluding carboxylic acids is 1. The predicted molar refractivity (Wildman–Crippen MR) is 57.0 cm³/mol. The molecule has 0 saturated carbocycles. The molecule has 0 N–H and O–H groups in total. The van der Waals surface area contributed by atoms with E-state index in [1.165, 1.54) is 6.92 Å². The predicted octanol–water partition coefficient (Wildman–Crippen LogP) is 3.43. The third-order valence-corrected chi connectivity index (χ3v) is 2.72. The molecule has 0 spiro atoms. The lowest BCUT2D eigenvalue weighted by Crippen LogP contribution is -2.52. The standard InChI is InChI=1S/C11H7ClF4O3/c1-5(17)2-6-3-8-9(4-7(6)12)19-11(15,16)10(13,14)18-8/h3-4H,2H2,1H3. The molecule has 1 aromatic carbocycles. The van der Waals surface area contributed by atoms with Gasteiger partial charge in [-0.15, -0.1) is 0 Å². The first-order valence-electron chi connectivity index (χ1n) is 5.08. The van der Waals surface area contributed by atoms with Gasteiger partial charge in [-0.3, -0.25) is 4.79 Å². The van der Waals surface area contributed by atoms with Gasteiger partial charge in [0.2, 0.25) is 0 Å². The van der Waals surface area contributed by atoms with Gasteiger partial charge in [-0.2, -0.15) is 17.6 Å². The Hall–Kier alpha value is -1.50. The Balaban J connectivity index is 2.45. The van der Waals surface area contributed by atoms with Crippen molar-refractivity contribution in [3.05, 3.63) is 22.7 Å². The monoisotopic (exact) mass is 298 g/mol. The number of rotatable bonds is 2. The summed E-state index contributed by atoms with van der Waals surface area (Å²) in [6, 6.07) is 1.90. The molecule has 1 aromatic rings. The van der Waals surface area contributed by atoms with Gasteiger partial charge in [-0.05, 0) is 18.6 Å². The zero-order valence-electron chi connectivity index (χ0n) is 9.48. The van der Waals surface area contributed by atoms with Crippen molar-refractivity contribution in [3.8, 4) is 11.5 Å². The number of halogens is 5. The molecule has 1 heterocycles. The first-order chi connectivity index (χ1) is 8.62. The molecule has 0 aromatic heterocycles. The summed E-state index contributed by atoms with van der Waals surface area (Å²) in [4.78, 5) is 11.0. The van der Waals surface area contributed by atoms with Crippen molar-refractivity contribution in [3.63, 3.8) is 0 Å². The molecule has 8 heteroatoms. The molecule has 0 saturated heterocycles. The topological polar surface area (TPSA) is 35.5 Å². The van der Waals surface area contributed by atoms with Crippen LogP contribution >= 0.6 is 11.6 Å². The van der Waals surface area contributed by atoms with Gasteiger partial charge in [0.15, 0.2) is 11.5 Å². The first-order valence-corrected chi connectivity index (χ1v) is 5.46. The Morgan fingerprint density at radius 1 is 1.16 bits per heavy atom. The minimum Gasteiger partial charge on any atom is -0.421 e. The highest BCUT2D eigenvalue weighted by atomic mass is 35.5. The molecule has 0 aliphatic carbocycles. The molecule has 0 atom stereocenters. The Labute approximate surface area is 110 Å². The second-order valence-electron chi connectivity index (χ2n) is 4.01.